The Morgan fingerprint density at radius 2 is 2.22 bits per heavy atom. The molecule has 0 amide bonds. The van der Waals surface area contributed by atoms with Gasteiger partial charge in [0.1, 0.15) is 11.4 Å². The molecule has 9 heteroatoms. The number of aryl methyl sites for hydroxylation is 1. The average Bonchev–Trinajstić information content (AvgIpc) is 2.84. The number of hydrogen-bond donors (Lipinski definition) is 3. The molecule has 0 aliphatic rings. The SMILES string of the molecule is C=CCN(c1cc(OC)c2[nH]cc(C)c2c1[NH+]([O-])O)S(C)(=O)=O. The molecule has 1 aromatic heterocycles. The summed E-state index contributed by atoms with van der Waals surface area (Å²) >= 11 is 0. The number of aromatic nitrogens is 1. The van der Waals surface area contributed by atoms with Crippen molar-refractivity contribution in [3.8, 4) is 5.75 Å². The summed E-state index contributed by atoms with van der Waals surface area (Å²) in [5, 5.41) is 20.7. The minimum atomic E-state index is -3.69. The van der Waals surface area contributed by atoms with Crippen molar-refractivity contribution in [3.63, 3.8) is 0 Å². The number of hydrogen-bond acceptors (Lipinski definition) is 5. The molecule has 23 heavy (non-hydrogen) atoms. The number of sulfonamides is 1. The van der Waals surface area contributed by atoms with E-state index in [-0.39, 0.29) is 17.9 Å². The Kier molecular flexibility index (Phi) is 4.66. The summed E-state index contributed by atoms with van der Waals surface area (Å²) in [4.78, 5) is 2.96. The number of aromatic amines is 1. The highest BCUT2D eigenvalue weighted by molar-refractivity contribution is 7.92. The smallest absolute Gasteiger partial charge is 0.232 e. The second kappa shape index (κ2) is 6.20. The molecule has 0 fully saturated rings. The Morgan fingerprint density at radius 1 is 1.57 bits per heavy atom. The van der Waals surface area contributed by atoms with E-state index in [1.54, 1.807) is 13.1 Å². The molecule has 0 aliphatic heterocycles. The van der Waals surface area contributed by atoms with Gasteiger partial charge in [-0.25, -0.2) is 13.6 Å². The number of quaternary nitrogens is 1. The van der Waals surface area contributed by atoms with Crippen LogP contribution in [0.5, 0.6) is 5.75 Å². The molecule has 1 atom stereocenters. The van der Waals surface area contributed by atoms with Crippen LogP contribution in [0.4, 0.5) is 11.4 Å². The van der Waals surface area contributed by atoms with E-state index in [1.165, 1.54) is 19.3 Å². The van der Waals surface area contributed by atoms with Crippen LogP contribution in [0.25, 0.3) is 10.9 Å². The van der Waals surface area contributed by atoms with E-state index >= 15 is 0 Å². The summed E-state index contributed by atoms with van der Waals surface area (Å²) in [5.74, 6) is 0.366. The van der Waals surface area contributed by atoms with Crippen molar-refractivity contribution >= 4 is 32.3 Å². The minimum absolute atomic E-state index is 0.0444. The number of ether oxygens (including phenoxy) is 1. The molecule has 1 unspecified atom stereocenters. The molecule has 3 N–H and O–H groups in total. The van der Waals surface area contributed by atoms with E-state index in [4.69, 9.17) is 4.74 Å². The van der Waals surface area contributed by atoms with Gasteiger partial charge in [-0.05, 0) is 12.5 Å². The highest BCUT2D eigenvalue weighted by atomic mass is 32.2. The van der Waals surface area contributed by atoms with Crippen molar-refractivity contribution in [1.82, 2.24) is 4.98 Å². The zero-order valence-corrected chi connectivity index (χ0v) is 13.9. The van der Waals surface area contributed by atoms with E-state index in [1.807, 2.05) is 0 Å². The summed E-state index contributed by atoms with van der Waals surface area (Å²) in [6.45, 7) is 5.23. The molecule has 0 aliphatic carbocycles. The van der Waals surface area contributed by atoms with Gasteiger partial charge >= 0.3 is 0 Å². The fourth-order valence-corrected chi connectivity index (χ4v) is 3.42. The van der Waals surface area contributed by atoms with Crippen molar-refractivity contribution in [2.75, 3.05) is 24.2 Å². The maximum absolute atomic E-state index is 12.1. The van der Waals surface area contributed by atoms with Gasteiger partial charge in [0.15, 0.2) is 5.69 Å². The lowest BCUT2D eigenvalue weighted by molar-refractivity contribution is -0.990. The molecular weight excluding hydrogens is 322 g/mol. The van der Waals surface area contributed by atoms with Gasteiger partial charge in [0, 0.05) is 12.3 Å². The van der Waals surface area contributed by atoms with Crippen LogP contribution in [0, 0.1) is 12.1 Å². The van der Waals surface area contributed by atoms with E-state index in [2.05, 4.69) is 11.6 Å². The van der Waals surface area contributed by atoms with Crippen molar-refractivity contribution in [2.45, 2.75) is 6.92 Å². The fourth-order valence-electron chi connectivity index (χ4n) is 2.54. The molecule has 126 valence electrons. The second-order valence-electron chi connectivity index (χ2n) is 5.08. The molecule has 1 heterocycles. The van der Waals surface area contributed by atoms with E-state index < -0.39 is 15.2 Å². The summed E-state index contributed by atoms with van der Waals surface area (Å²) in [6, 6.07) is 1.41. The Hall–Kier alpha value is -2.07. The predicted octanol–water partition coefficient (Wildman–Crippen LogP) is 0.840. The van der Waals surface area contributed by atoms with Crippen molar-refractivity contribution in [1.29, 1.82) is 0 Å². The van der Waals surface area contributed by atoms with Crippen LogP contribution in [0.2, 0.25) is 0 Å². The van der Waals surface area contributed by atoms with E-state index in [0.29, 0.717) is 22.2 Å². The summed E-state index contributed by atoms with van der Waals surface area (Å²) in [7, 11) is -2.25. The van der Waals surface area contributed by atoms with Crippen LogP contribution in [0.3, 0.4) is 0 Å². The fraction of sp³-hybridized carbons (Fsp3) is 0.286. The highest BCUT2D eigenvalue weighted by Gasteiger charge is 2.28. The molecule has 8 nitrogen and oxygen atoms in total. The topological polar surface area (TPSA) is 110 Å². The molecular formula is C14H19N3O5S. The first-order chi connectivity index (χ1) is 10.7. The zero-order chi connectivity index (χ0) is 17.4. The summed E-state index contributed by atoms with van der Waals surface area (Å²) in [5.41, 5.74) is 1.15. The van der Waals surface area contributed by atoms with Crippen LogP contribution in [-0.4, -0.2) is 38.5 Å². The van der Waals surface area contributed by atoms with Crippen LogP contribution in [0.1, 0.15) is 5.56 Å². The third-order valence-electron chi connectivity index (χ3n) is 3.50. The molecule has 2 rings (SSSR count). The normalized spacial score (nSPS) is 13.1. The zero-order valence-electron chi connectivity index (χ0n) is 13.1. The lowest BCUT2D eigenvalue weighted by Crippen LogP contribution is -2.99. The van der Waals surface area contributed by atoms with Gasteiger partial charge in [-0.3, -0.25) is 4.31 Å². The number of benzene rings is 1. The number of H-pyrrole nitrogens is 1. The van der Waals surface area contributed by atoms with Gasteiger partial charge in [0.05, 0.1) is 30.8 Å². The number of nitrogens with zero attached hydrogens (tertiary/aromatic N) is 1. The van der Waals surface area contributed by atoms with Gasteiger partial charge in [-0.2, -0.15) is 5.23 Å². The largest absolute Gasteiger partial charge is 0.595 e. The molecule has 0 saturated heterocycles. The highest BCUT2D eigenvalue weighted by Crippen LogP contribution is 2.40. The van der Waals surface area contributed by atoms with Gasteiger partial charge in [-0.1, -0.05) is 6.08 Å². The van der Waals surface area contributed by atoms with Crippen molar-refractivity contribution < 1.29 is 23.6 Å². The Morgan fingerprint density at radius 3 is 2.70 bits per heavy atom. The number of anilines is 1. The first-order valence-electron chi connectivity index (χ1n) is 6.73. The van der Waals surface area contributed by atoms with Gasteiger partial charge in [0.25, 0.3) is 0 Å². The quantitative estimate of drug-likeness (QED) is 0.533. The molecule has 2 aromatic rings. The number of fused-ring (bicyclic) bond motifs is 1. The standard InChI is InChI=1S/C14H19N3O5S/c1-5-6-16(23(4,20)21)10-7-11(22-3)13-12(9(2)8-15-13)14(10)17(18)19/h5,7-8,15,17-18H,1,6H2,2-4H3. The molecule has 0 radical (unpaired) electrons. The average molecular weight is 341 g/mol. The van der Waals surface area contributed by atoms with Crippen molar-refractivity contribution in [3.05, 3.63) is 35.7 Å². The van der Waals surface area contributed by atoms with E-state index in [9.17, 15) is 18.8 Å². The summed E-state index contributed by atoms with van der Waals surface area (Å²) in [6.07, 6.45) is 4.07. The predicted molar refractivity (Wildman–Crippen MR) is 87.8 cm³/mol. The van der Waals surface area contributed by atoms with Crippen molar-refractivity contribution in [2.24, 2.45) is 0 Å². The van der Waals surface area contributed by atoms with Gasteiger partial charge in [-0.15, -0.1) is 6.58 Å². The Balaban J connectivity index is 2.93. The number of methoxy groups -OCH3 is 1. The first-order valence-corrected chi connectivity index (χ1v) is 8.57. The van der Waals surface area contributed by atoms with Crippen LogP contribution in [0.15, 0.2) is 24.9 Å². The first kappa shape index (κ1) is 17.3. The van der Waals surface area contributed by atoms with E-state index in [0.717, 1.165) is 10.6 Å². The Labute approximate surface area is 134 Å². The van der Waals surface area contributed by atoms with Gasteiger partial charge in [0.2, 0.25) is 10.0 Å². The maximum atomic E-state index is 12.1. The Bertz CT molecular complexity index is 842. The number of rotatable bonds is 6. The summed E-state index contributed by atoms with van der Waals surface area (Å²) < 4.78 is 30.5. The monoisotopic (exact) mass is 341 g/mol. The van der Waals surface area contributed by atoms with Crippen LogP contribution < -0.4 is 14.3 Å². The second-order valence-corrected chi connectivity index (χ2v) is 6.99. The third-order valence-corrected chi connectivity index (χ3v) is 4.64. The minimum Gasteiger partial charge on any atom is -0.595 e. The molecule has 1 aromatic carbocycles. The third kappa shape index (κ3) is 3.04. The maximum Gasteiger partial charge on any atom is 0.232 e. The van der Waals surface area contributed by atoms with Gasteiger partial charge < -0.3 is 14.9 Å². The molecule has 0 spiro atoms. The van der Waals surface area contributed by atoms with Crippen LogP contribution >= 0.6 is 0 Å². The molecule has 0 bridgehead atoms. The number of nitrogens with one attached hydrogen (secondary N) is 2. The lowest BCUT2D eigenvalue weighted by Gasteiger charge is -2.26. The lowest BCUT2D eigenvalue weighted by atomic mass is 10.1. The molecule has 0 saturated carbocycles. The van der Waals surface area contributed by atoms with Crippen LogP contribution in [-0.2, 0) is 10.0 Å².